The molecule has 0 aliphatic carbocycles. The first-order chi connectivity index (χ1) is 7.72. The quantitative estimate of drug-likeness (QED) is 0.680. The fraction of sp³-hybridized carbons (Fsp3) is 0.556. The third-order valence-electron chi connectivity index (χ3n) is 2.64. The van der Waals surface area contributed by atoms with Crippen molar-refractivity contribution in [3.05, 3.63) is 11.9 Å². The summed E-state index contributed by atoms with van der Waals surface area (Å²) in [4.78, 5) is 24.7. The molecule has 1 atom stereocenters. The Kier molecular flexibility index (Phi) is 2.84. The summed E-state index contributed by atoms with van der Waals surface area (Å²) in [5, 5.41) is 9.66. The molecule has 1 aliphatic heterocycles. The van der Waals surface area contributed by atoms with Gasteiger partial charge in [-0.15, -0.1) is 0 Å². The van der Waals surface area contributed by atoms with Gasteiger partial charge in [-0.3, -0.25) is 9.59 Å². The number of methoxy groups -OCH3 is 1. The molecule has 16 heavy (non-hydrogen) atoms. The molecule has 1 aromatic heterocycles. The molecule has 0 aromatic carbocycles. The van der Waals surface area contributed by atoms with Crippen molar-refractivity contribution in [2.24, 2.45) is 5.92 Å². The second-order valence-corrected chi connectivity index (χ2v) is 3.62. The van der Waals surface area contributed by atoms with Crippen molar-refractivity contribution in [3.8, 4) is 0 Å². The number of carbonyl (C=O) groups is 2. The van der Waals surface area contributed by atoms with Crippen LogP contribution in [0, 0.1) is 5.92 Å². The number of hydrogen-bond acceptors (Lipinski definition) is 5. The zero-order chi connectivity index (χ0) is 11.5. The highest BCUT2D eigenvalue weighted by Gasteiger charge is 2.32. The second kappa shape index (κ2) is 4.30. The zero-order valence-electron chi connectivity index (χ0n) is 8.84. The highest BCUT2D eigenvalue weighted by molar-refractivity contribution is 5.92. The number of amides is 1. The third-order valence-corrected chi connectivity index (χ3v) is 2.64. The number of hydrogen-bond donors (Lipinski definition) is 1. The van der Waals surface area contributed by atoms with Gasteiger partial charge in [0.1, 0.15) is 0 Å². The molecule has 1 amide bonds. The van der Waals surface area contributed by atoms with Crippen LogP contribution < -0.4 is 0 Å². The average molecular weight is 224 g/mol. The van der Waals surface area contributed by atoms with E-state index in [1.807, 2.05) is 0 Å². The van der Waals surface area contributed by atoms with Crippen molar-refractivity contribution in [2.75, 3.05) is 20.2 Å². The summed E-state index contributed by atoms with van der Waals surface area (Å²) in [6, 6.07) is 0. The third kappa shape index (κ3) is 1.88. The fourth-order valence-corrected chi connectivity index (χ4v) is 1.77. The molecule has 0 saturated carbocycles. The van der Waals surface area contributed by atoms with E-state index in [1.165, 1.54) is 13.3 Å². The van der Waals surface area contributed by atoms with Crippen LogP contribution in [0.5, 0.6) is 0 Å². The van der Waals surface area contributed by atoms with Crippen molar-refractivity contribution >= 4 is 11.9 Å². The monoisotopic (exact) mass is 224 g/mol. The number of rotatable bonds is 2. The first-order valence-electron chi connectivity index (χ1n) is 4.95. The number of carbonyl (C=O) groups excluding carboxylic acids is 2. The maximum atomic E-state index is 11.8. The first-order valence-corrected chi connectivity index (χ1v) is 4.95. The summed E-state index contributed by atoms with van der Waals surface area (Å²) in [7, 11) is 1.35. The Morgan fingerprint density at radius 3 is 3.06 bits per heavy atom. The number of likely N-dealkylation sites (tertiary alicyclic amines) is 1. The van der Waals surface area contributed by atoms with Crippen LogP contribution in [0.1, 0.15) is 16.9 Å². The molecule has 2 heterocycles. The maximum absolute atomic E-state index is 11.8. The van der Waals surface area contributed by atoms with Gasteiger partial charge in [0.2, 0.25) is 0 Å². The van der Waals surface area contributed by atoms with E-state index < -0.39 is 0 Å². The smallest absolute Gasteiger partial charge is 0.310 e. The molecule has 0 bridgehead atoms. The van der Waals surface area contributed by atoms with E-state index in [-0.39, 0.29) is 23.5 Å². The minimum absolute atomic E-state index is 0.208. The van der Waals surface area contributed by atoms with Gasteiger partial charge in [-0.05, 0) is 6.42 Å². The molecule has 7 nitrogen and oxygen atoms in total. The number of nitrogens with zero attached hydrogens (tertiary/aromatic N) is 3. The van der Waals surface area contributed by atoms with Crippen molar-refractivity contribution in [1.29, 1.82) is 0 Å². The van der Waals surface area contributed by atoms with Gasteiger partial charge in [-0.2, -0.15) is 15.4 Å². The van der Waals surface area contributed by atoms with E-state index >= 15 is 0 Å². The van der Waals surface area contributed by atoms with Gasteiger partial charge < -0.3 is 9.64 Å². The van der Waals surface area contributed by atoms with Crippen LogP contribution in [0.25, 0.3) is 0 Å². The number of aromatic nitrogens is 3. The van der Waals surface area contributed by atoms with Crippen LogP contribution in [0.3, 0.4) is 0 Å². The van der Waals surface area contributed by atoms with Gasteiger partial charge in [0.25, 0.3) is 5.91 Å². The van der Waals surface area contributed by atoms with Crippen molar-refractivity contribution < 1.29 is 14.3 Å². The second-order valence-electron chi connectivity index (χ2n) is 3.62. The van der Waals surface area contributed by atoms with E-state index in [0.29, 0.717) is 19.5 Å². The first kappa shape index (κ1) is 10.6. The van der Waals surface area contributed by atoms with Crippen LogP contribution >= 0.6 is 0 Å². The molecule has 1 saturated heterocycles. The standard InChI is InChI=1S/C9H12N4O3/c1-16-9(15)6-2-3-13(5-6)8(14)7-4-10-12-11-7/h4,6H,2-3,5H2,1H3,(H,10,11,12). The summed E-state index contributed by atoms with van der Waals surface area (Å²) in [5.41, 5.74) is 0.269. The summed E-state index contributed by atoms with van der Waals surface area (Å²) < 4.78 is 4.64. The van der Waals surface area contributed by atoms with Crippen LogP contribution in [0.2, 0.25) is 0 Å². The highest BCUT2D eigenvalue weighted by atomic mass is 16.5. The molecule has 1 fully saturated rings. The summed E-state index contributed by atoms with van der Waals surface area (Å²) >= 11 is 0. The van der Waals surface area contributed by atoms with Crippen molar-refractivity contribution in [2.45, 2.75) is 6.42 Å². The van der Waals surface area contributed by atoms with Crippen molar-refractivity contribution in [1.82, 2.24) is 20.3 Å². The molecular weight excluding hydrogens is 212 g/mol. The summed E-state index contributed by atoms with van der Waals surface area (Å²) in [6.45, 7) is 0.934. The number of H-pyrrole nitrogens is 1. The number of nitrogens with one attached hydrogen (secondary N) is 1. The lowest BCUT2D eigenvalue weighted by Gasteiger charge is -2.13. The average Bonchev–Trinajstić information content (AvgIpc) is 2.97. The molecule has 1 unspecified atom stereocenters. The summed E-state index contributed by atoms with van der Waals surface area (Å²) in [5.74, 6) is -0.698. The normalized spacial score (nSPS) is 19.8. The molecular formula is C9H12N4O3. The Morgan fingerprint density at radius 1 is 1.62 bits per heavy atom. The minimum atomic E-state index is -0.268. The maximum Gasteiger partial charge on any atom is 0.310 e. The molecule has 7 heteroatoms. The van der Waals surface area contributed by atoms with E-state index in [9.17, 15) is 9.59 Å². The molecule has 1 aliphatic rings. The van der Waals surface area contributed by atoms with Gasteiger partial charge in [0.15, 0.2) is 5.69 Å². The van der Waals surface area contributed by atoms with E-state index in [2.05, 4.69) is 20.1 Å². The zero-order valence-corrected chi connectivity index (χ0v) is 8.84. The summed E-state index contributed by atoms with van der Waals surface area (Å²) in [6.07, 6.45) is 2.00. The largest absolute Gasteiger partial charge is 0.469 e. The molecule has 86 valence electrons. The lowest BCUT2D eigenvalue weighted by molar-refractivity contribution is -0.144. The van der Waals surface area contributed by atoms with E-state index in [1.54, 1.807) is 4.90 Å². The van der Waals surface area contributed by atoms with Crippen LogP contribution in [-0.4, -0.2) is 52.4 Å². The van der Waals surface area contributed by atoms with Gasteiger partial charge in [-0.25, -0.2) is 0 Å². The predicted octanol–water partition coefficient (Wildman–Crippen LogP) is -0.560. The Balaban J connectivity index is 1.99. The SMILES string of the molecule is COC(=O)C1CCN(C(=O)c2cn[nH]n2)C1. The van der Waals surface area contributed by atoms with Gasteiger partial charge in [-0.1, -0.05) is 0 Å². The van der Waals surface area contributed by atoms with Gasteiger partial charge in [0, 0.05) is 13.1 Å². The van der Waals surface area contributed by atoms with Gasteiger partial charge >= 0.3 is 5.97 Å². The highest BCUT2D eigenvalue weighted by Crippen LogP contribution is 2.18. The Hall–Kier alpha value is -1.92. The molecule has 0 radical (unpaired) electrons. The topological polar surface area (TPSA) is 88.2 Å². The molecule has 1 N–H and O–H groups in total. The number of aromatic amines is 1. The van der Waals surface area contributed by atoms with Crippen LogP contribution in [-0.2, 0) is 9.53 Å². The van der Waals surface area contributed by atoms with Gasteiger partial charge in [0.05, 0.1) is 19.2 Å². The Labute approximate surface area is 91.8 Å². The van der Waals surface area contributed by atoms with Crippen molar-refractivity contribution in [3.63, 3.8) is 0 Å². The number of ether oxygens (including phenoxy) is 1. The molecule has 0 spiro atoms. The predicted molar refractivity (Wildman–Crippen MR) is 52.4 cm³/mol. The van der Waals surface area contributed by atoms with Crippen LogP contribution in [0.4, 0.5) is 0 Å². The fourth-order valence-electron chi connectivity index (χ4n) is 1.77. The van der Waals surface area contributed by atoms with E-state index in [4.69, 9.17) is 0 Å². The minimum Gasteiger partial charge on any atom is -0.469 e. The van der Waals surface area contributed by atoms with E-state index in [0.717, 1.165) is 0 Å². The Bertz CT molecular complexity index is 389. The molecule has 2 rings (SSSR count). The lowest BCUT2D eigenvalue weighted by atomic mass is 10.1. The Morgan fingerprint density at radius 2 is 2.44 bits per heavy atom. The number of esters is 1. The van der Waals surface area contributed by atoms with Crippen LogP contribution in [0.15, 0.2) is 6.20 Å². The lowest BCUT2D eigenvalue weighted by Crippen LogP contribution is -2.30. The molecule has 1 aromatic rings.